The second kappa shape index (κ2) is 7.12. The highest BCUT2D eigenvalue weighted by molar-refractivity contribution is 9.40. The van der Waals surface area contributed by atoms with Gasteiger partial charge in [-0.2, -0.15) is 10.5 Å². The van der Waals surface area contributed by atoms with Gasteiger partial charge < -0.3 is 0 Å². The van der Waals surface area contributed by atoms with Crippen molar-refractivity contribution < 1.29 is 0 Å². The lowest BCUT2D eigenvalue weighted by Crippen LogP contribution is -2.59. The Morgan fingerprint density at radius 3 is 1.72 bits per heavy atom. The van der Waals surface area contributed by atoms with Crippen LogP contribution in [0.5, 0.6) is 0 Å². The van der Waals surface area contributed by atoms with Gasteiger partial charge >= 0.3 is 0 Å². The first-order valence-electron chi connectivity index (χ1n) is 4.06. The standard InChI is InChI=1S/C6H4Br9N3/c7-4(8,9)3-1-17(5(10,11)12)16-18(2-3)6(13,14)15/h1,16H,2H2. The molecule has 18 heavy (non-hydrogen) atoms. The summed E-state index contributed by atoms with van der Waals surface area (Å²) in [5, 5.41) is 3.68. The van der Waals surface area contributed by atoms with Crippen molar-refractivity contribution in [3.63, 3.8) is 0 Å². The van der Waals surface area contributed by atoms with Crippen LogP contribution in [-0.2, 0) is 0 Å². The van der Waals surface area contributed by atoms with Crippen LogP contribution in [0.3, 0.4) is 0 Å². The number of rotatable bonds is 0. The summed E-state index contributed by atoms with van der Waals surface area (Å²) in [5.41, 5.74) is 4.22. The average molecular weight is 837 g/mol. The molecule has 1 heterocycles. The molecule has 0 saturated carbocycles. The van der Waals surface area contributed by atoms with Gasteiger partial charge in [-0.15, -0.1) is 0 Å². The molecule has 0 unspecified atom stereocenters. The van der Waals surface area contributed by atoms with E-state index in [1.54, 1.807) is 5.01 Å². The van der Waals surface area contributed by atoms with E-state index in [2.05, 4.69) is 149 Å². The van der Waals surface area contributed by atoms with E-state index < -0.39 is 6.68 Å². The zero-order valence-corrected chi connectivity index (χ0v) is 22.4. The van der Waals surface area contributed by atoms with Gasteiger partial charge in [-0.25, -0.2) is 0 Å². The lowest BCUT2D eigenvalue weighted by Gasteiger charge is -2.44. The maximum absolute atomic E-state index is 3.52. The Hall–Kier alpha value is 3.78. The Morgan fingerprint density at radius 2 is 1.39 bits per heavy atom. The number of hydrogen-bond acceptors (Lipinski definition) is 3. The summed E-state index contributed by atoms with van der Waals surface area (Å²) in [6, 6.07) is 0. The van der Waals surface area contributed by atoms with Crippen LogP contribution in [0.25, 0.3) is 0 Å². The smallest absolute Gasteiger partial charge is 0.220 e. The van der Waals surface area contributed by atoms with Gasteiger partial charge in [-0.3, -0.25) is 5.01 Å². The minimum atomic E-state index is -0.618. The quantitative estimate of drug-likeness (QED) is 0.227. The SMILES string of the molecule is BrC(Br)(Br)C1=CN(C(Br)(Br)Br)NN(C(Br)(Br)Br)C1. The van der Waals surface area contributed by atoms with Crippen molar-refractivity contribution in [2.45, 2.75) is 6.68 Å². The van der Waals surface area contributed by atoms with Gasteiger partial charge in [0.1, 0.15) is 0 Å². The third-order valence-electron chi connectivity index (χ3n) is 1.79. The first-order chi connectivity index (χ1) is 7.82. The van der Waals surface area contributed by atoms with E-state index in [1.807, 2.05) is 11.2 Å². The van der Waals surface area contributed by atoms with Gasteiger partial charge in [-0.05, 0) is 95.6 Å². The highest BCUT2D eigenvalue weighted by atomic mass is 80.0. The number of hydrogen-bond donors (Lipinski definition) is 1. The first-order valence-corrected chi connectivity index (χ1v) is 11.2. The Balaban J connectivity index is 3.08. The van der Waals surface area contributed by atoms with Crippen LogP contribution in [0.2, 0.25) is 0 Å². The van der Waals surface area contributed by atoms with E-state index in [4.69, 9.17) is 0 Å². The molecule has 0 aliphatic carbocycles. The normalized spacial score (nSPS) is 20.1. The largest absolute Gasteiger partial charge is 0.265 e. The van der Waals surface area contributed by atoms with Crippen LogP contribution < -0.4 is 5.53 Å². The Labute approximate surface area is 181 Å². The molecule has 3 nitrogen and oxygen atoms in total. The van der Waals surface area contributed by atoms with Crippen molar-refractivity contribution in [1.82, 2.24) is 15.6 Å². The topological polar surface area (TPSA) is 18.5 Å². The lowest BCUT2D eigenvalue weighted by molar-refractivity contribution is 0.0631. The van der Waals surface area contributed by atoms with E-state index in [9.17, 15) is 0 Å². The molecule has 0 bridgehead atoms. The molecule has 12 heteroatoms. The molecule has 0 radical (unpaired) electrons. The minimum absolute atomic E-state index is 0.484. The second-order valence-corrected chi connectivity index (χ2v) is 23.2. The highest BCUT2D eigenvalue weighted by Gasteiger charge is 2.40. The number of alkyl halides is 9. The Bertz CT molecular complexity index is 338. The summed E-state index contributed by atoms with van der Waals surface area (Å²) in [4.78, 5) is 0. The Morgan fingerprint density at radius 1 is 0.889 bits per heavy atom. The summed E-state index contributed by atoms with van der Waals surface area (Å²) in [7, 11) is 0. The van der Waals surface area contributed by atoms with Crippen LogP contribution in [0.1, 0.15) is 0 Å². The zero-order valence-electron chi connectivity index (χ0n) is 8.08. The number of halogens is 9. The molecule has 106 valence electrons. The van der Waals surface area contributed by atoms with Gasteiger partial charge in [0, 0.05) is 18.3 Å². The minimum Gasteiger partial charge on any atom is -0.265 e. The monoisotopic (exact) mass is 828 g/mol. The van der Waals surface area contributed by atoms with E-state index >= 15 is 0 Å². The summed E-state index contributed by atoms with van der Waals surface area (Å²) in [5.74, 6) is 0. The van der Waals surface area contributed by atoms with Crippen molar-refractivity contribution >= 4 is 143 Å². The van der Waals surface area contributed by atoms with E-state index in [0.717, 1.165) is 5.57 Å². The van der Waals surface area contributed by atoms with Crippen molar-refractivity contribution in [1.29, 1.82) is 0 Å². The van der Waals surface area contributed by atoms with Crippen LogP contribution in [-0.4, -0.2) is 23.2 Å². The maximum atomic E-state index is 3.52. The molecule has 1 aliphatic heterocycles. The molecular formula is C6H4Br9N3. The van der Waals surface area contributed by atoms with Gasteiger partial charge in [0.05, 0.1) is 0 Å². The Kier molecular flexibility index (Phi) is 7.85. The first kappa shape index (κ1) is 19.8. The molecule has 0 aromatic carbocycles. The molecule has 0 atom stereocenters. The van der Waals surface area contributed by atoms with Gasteiger partial charge in [0.15, 0.2) is 2.14 Å². The fraction of sp³-hybridized carbons (Fsp3) is 0.667. The van der Waals surface area contributed by atoms with Gasteiger partial charge in [0.25, 0.3) is 0 Å². The maximum Gasteiger partial charge on any atom is 0.220 e. The molecule has 0 aromatic heterocycles. The zero-order chi connectivity index (χ0) is 14.4. The van der Waals surface area contributed by atoms with E-state index in [-0.39, 0.29) is 0 Å². The highest BCUT2D eigenvalue weighted by Crippen LogP contribution is 2.47. The predicted octanol–water partition coefficient (Wildman–Crippen LogP) is 6.34. The van der Waals surface area contributed by atoms with Crippen molar-refractivity contribution in [3.05, 3.63) is 11.8 Å². The average Bonchev–Trinajstić information content (AvgIpc) is 2.13. The van der Waals surface area contributed by atoms with E-state index in [1.165, 1.54) is 0 Å². The number of hydrazine groups is 2. The second-order valence-electron chi connectivity index (χ2n) is 3.14. The summed E-state index contributed by atoms with van der Waals surface area (Å²) in [6.45, 7) is 0.628. The molecule has 0 saturated heterocycles. The van der Waals surface area contributed by atoms with Gasteiger partial charge in [0.2, 0.25) is 4.53 Å². The van der Waals surface area contributed by atoms with Crippen molar-refractivity contribution in [2.75, 3.05) is 6.54 Å². The molecular weight excluding hydrogens is 833 g/mol. The van der Waals surface area contributed by atoms with Crippen LogP contribution in [0.4, 0.5) is 0 Å². The van der Waals surface area contributed by atoms with Crippen LogP contribution >= 0.6 is 143 Å². The van der Waals surface area contributed by atoms with Crippen LogP contribution in [0.15, 0.2) is 11.8 Å². The van der Waals surface area contributed by atoms with Gasteiger partial charge in [-0.1, -0.05) is 47.8 Å². The third-order valence-corrected chi connectivity index (χ3v) is 5.74. The van der Waals surface area contributed by atoms with E-state index in [0.29, 0.717) is 6.54 Å². The van der Waals surface area contributed by atoms with Crippen molar-refractivity contribution in [2.24, 2.45) is 0 Å². The van der Waals surface area contributed by atoms with Crippen molar-refractivity contribution in [3.8, 4) is 0 Å². The summed E-state index contributed by atoms with van der Waals surface area (Å²) >= 11 is 31.4. The number of nitrogens with one attached hydrogen (secondary N) is 1. The summed E-state index contributed by atoms with van der Waals surface area (Å²) < 4.78 is -1.68. The number of nitrogens with zero attached hydrogens (tertiary/aromatic N) is 2. The molecule has 0 aromatic rings. The molecule has 1 rings (SSSR count). The lowest BCUT2D eigenvalue weighted by atomic mass is 10.3. The molecule has 1 N–H and O–H groups in total. The third kappa shape index (κ3) is 6.11. The molecule has 0 fully saturated rings. The molecule has 1 aliphatic rings. The fourth-order valence-corrected chi connectivity index (χ4v) is 2.84. The molecule has 0 amide bonds. The summed E-state index contributed by atoms with van der Waals surface area (Å²) in [6.07, 6.45) is 1.94. The predicted molar refractivity (Wildman–Crippen MR) is 108 cm³/mol. The fourth-order valence-electron chi connectivity index (χ4n) is 1.00. The van der Waals surface area contributed by atoms with Crippen LogP contribution in [0, 0.1) is 0 Å². The molecule has 0 spiro atoms.